The van der Waals surface area contributed by atoms with Gasteiger partial charge in [-0.25, -0.2) is 4.39 Å². The molecule has 6 rings (SSSR count). The van der Waals surface area contributed by atoms with Gasteiger partial charge in [-0.2, -0.15) is 0 Å². The van der Waals surface area contributed by atoms with Crippen LogP contribution in [0.15, 0.2) is 48.7 Å². The highest BCUT2D eigenvalue weighted by Crippen LogP contribution is 2.27. The van der Waals surface area contributed by atoms with E-state index in [0.717, 1.165) is 35.4 Å². The van der Waals surface area contributed by atoms with Gasteiger partial charge in [-0.15, -0.1) is 0 Å². The standard InChI is InChI=1S/C35H41FN6O6/c1-39-20-33(45)42-19-24(38-31(43)15-22-18-37-28-8-4-3-7-26(22)28)17-25(42)21-48-30-11-9-23(36)16-27(30)34(46)40(2)29(10-12-32(39)44)35(47)41-13-5-6-14-41/h3-4,7-9,11,16,18,24-25,29,37H,5-6,10,12-15,17,19-21H2,1-2H3,(H,38,43)/t24-,25-,29-/m0/s1. The fraction of sp³-hybridized carbons (Fsp3) is 0.457. The first kappa shape index (κ1) is 33.0. The van der Waals surface area contributed by atoms with Crippen LogP contribution >= 0.6 is 0 Å². The summed E-state index contributed by atoms with van der Waals surface area (Å²) in [5, 5.41) is 4.02. The maximum atomic E-state index is 14.5. The lowest BCUT2D eigenvalue weighted by Crippen LogP contribution is -2.49. The van der Waals surface area contributed by atoms with E-state index in [1.165, 1.54) is 36.0 Å². The van der Waals surface area contributed by atoms with Crippen molar-refractivity contribution in [1.82, 2.24) is 29.9 Å². The molecule has 0 bridgehead atoms. The molecule has 4 heterocycles. The van der Waals surface area contributed by atoms with Crippen molar-refractivity contribution >= 4 is 40.4 Å². The molecule has 254 valence electrons. The van der Waals surface area contributed by atoms with Crippen LogP contribution in [0, 0.1) is 5.82 Å². The summed E-state index contributed by atoms with van der Waals surface area (Å²) in [5.41, 5.74) is 1.74. The quantitative estimate of drug-likeness (QED) is 0.441. The first-order valence-corrected chi connectivity index (χ1v) is 16.4. The number of para-hydroxylation sites is 1. The van der Waals surface area contributed by atoms with Gasteiger partial charge in [0.15, 0.2) is 0 Å². The van der Waals surface area contributed by atoms with Gasteiger partial charge in [-0.3, -0.25) is 24.0 Å². The Labute approximate surface area is 278 Å². The van der Waals surface area contributed by atoms with Crippen LogP contribution in [0.5, 0.6) is 5.75 Å². The van der Waals surface area contributed by atoms with Gasteiger partial charge in [-0.05, 0) is 55.5 Å². The monoisotopic (exact) mass is 660 g/mol. The number of carbonyl (C=O) groups excluding carboxylic acids is 5. The average molecular weight is 661 g/mol. The number of likely N-dealkylation sites (N-methyl/N-ethyl adjacent to an activating group) is 2. The summed E-state index contributed by atoms with van der Waals surface area (Å²) in [6.07, 6.45) is 4.02. The largest absolute Gasteiger partial charge is 0.491 e. The predicted octanol–water partition coefficient (Wildman–Crippen LogP) is 2.33. The number of ether oxygens (including phenoxy) is 1. The molecule has 2 saturated heterocycles. The summed E-state index contributed by atoms with van der Waals surface area (Å²) in [6, 6.07) is 9.52. The summed E-state index contributed by atoms with van der Waals surface area (Å²) >= 11 is 0. The summed E-state index contributed by atoms with van der Waals surface area (Å²) in [7, 11) is 3.01. The van der Waals surface area contributed by atoms with Crippen molar-refractivity contribution < 1.29 is 33.1 Å². The highest BCUT2D eigenvalue weighted by Gasteiger charge is 2.39. The third-order valence-electron chi connectivity index (χ3n) is 9.65. The first-order valence-electron chi connectivity index (χ1n) is 16.4. The number of halogens is 1. The number of fused-ring (bicyclic) bond motifs is 3. The third-order valence-corrected chi connectivity index (χ3v) is 9.65. The number of aromatic nitrogens is 1. The predicted molar refractivity (Wildman–Crippen MR) is 175 cm³/mol. The smallest absolute Gasteiger partial charge is 0.258 e. The number of likely N-dealkylation sites (tertiary alicyclic amines) is 1. The van der Waals surface area contributed by atoms with E-state index in [-0.39, 0.29) is 79.9 Å². The van der Waals surface area contributed by atoms with Gasteiger partial charge < -0.3 is 34.6 Å². The first-order chi connectivity index (χ1) is 23.1. The molecule has 0 saturated carbocycles. The van der Waals surface area contributed by atoms with E-state index in [2.05, 4.69) is 10.3 Å². The van der Waals surface area contributed by atoms with E-state index in [9.17, 15) is 28.4 Å². The summed E-state index contributed by atoms with van der Waals surface area (Å²) in [5.74, 6) is -2.27. The number of nitrogens with zero attached hydrogens (tertiary/aromatic N) is 4. The minimum absolute atomic E-state index is 0.0377. The zero-order valence-corrected chi connectivity index (χ0v) is 27.2. The molecule has 3 aliphatic heterocycles. The lowest BCUT2D eigenvalue weighted by molar-refractivity contribution is -0.141. The Bertz CT molecular complexity index is 1720. The fourth-order valence-corrected chi connectivity index (χ4v) is 6.99. The van der Waals surface area contributed by atoms with Crippen LogP contribution in [-0.4, -0.2) is 119 Å². The second-order valence-electron chi connectivity index (χ2n) is 12.9. The summed E-state index contributed by atoms with van der Waals surface area (Å²) in [6.45, 7) is 1.10. The SMILES string of the molecule is CN1CC(=O)N2C[C@@H](NC(=O)Cc3c[nH]c4ccccc34)C[C@H]2COc2ccc(F)cc2C(=O)N(C)[C@H](C(=O)N2CCCC2)CCC1=O. The molecular formula is C35H41FN6O6. The van der Waals surface area contributed by atoms with Gasteiger partial charge in [0.05, 0.1) is 24.6 Å². The molecular weight excluding hydrogens is 619 g/mol. The zero-order valence-electron chi connectivity index (χ0n) is 27.2. The Morgan fingerprint density at radius 1 is 1.04 bits per heavy atom. The number of carbonyl (C=O) groups is 5. The molecule has 0 unspecified atom stereocenters. The molecule has 3 aromatic rings. The van der Waals surface area contributed by atoms with Crippen molar-refractivity contribution in [2.45, 2.75) is 56.7 Å². The number of rotatable bonds is 4. The van der Waals surface area contributed by atoms with E-state index in [1.807, 2.05) is 30.5 Å². The van der Waals surface area contributed by atoms with Crippen molar-refractivity contribution in [3.05, 3.63) is 65.6 Å². The number of benzene rings is 2. The van der Waals surface area contributed by atoms with Gasteiger partial charge in [0.1, 0.15) is 24.2 Å². The number of amides is 5. The van der Waals surface area contributed by atoms with Crippen molar-refractivity contribution in [3.8, 4) is 5.75 Å². The average Bonchev–Trinajstić information content (AvgIpc) is 3.84. The Morgan fingerprint density at radius 2 is 1.81 bits per heavy atom. The second-order valence-corrected chi connectivity index (χ2v) is 12.9. The zero-order chi connectivity index (χ0) is 33.9. The molecule has 2 N–H and O–H groups in total. The summed E-state index contributed by atoms with van der Waals surface area (Å²) < 4.78 is 20.7. The van der Waals surface area contributed by atoms with E-state index in [4.69, 9.17) is 4.74 Å². The number of aromatic amines is 1. The highest BCUT2D eigenvalue weighted by atomic mass is 19.1. The van der Waals surface area contributed by atoms with Crippen molar-refractivity contribution in [2.75, 3.05) is 46.9 Å². The van der Waals surface area contributed by atoms with Crippen LogP contribution in [0.1, 0.15) is 48.0 Å². The lowest BCUT2D eigenvalue weighted by Gasteiger charge is -2.31. The highest BCUT2D eigenvalue weighted by molar-refractivity contribution is 6.00. The van der Waals surface area contributed by atoms with Crippen LogP contribution in [0.2, 0.25) is 0 Å². The number of nitrogens with one attached hydrogen (secondary N) is 2. The van der Waals surface area contributed by atoms with Crippen molar-refractivity contribution in [3.63, 3.8) is 0 Å². The molecule has 3 atom stereocenters. The van der Waals surface area contributed by atoms with Gasteiger partial charge in [0, 0.05) is 63.3 Å². The Kier molecular flexibility index (Phi) is 9.65. The number of H-pyrrole nitrogens is 1. The maximum absolute atomic E-state index is 14.5. The molecule has 12 nitrogen and oxygen atoms in total. The van der Waals surface area contributed by atoms with Crippen molar-refractivity contribution in [2.24, 2.45) is 0 Å². The molecule has 13 heteroatoms. The van der Waals surface area contributed by atoms with Crippen molar-refractivity contribution in [1.29, 1.82) is 0 Å². The van der Waals surface area contributed by atoms with Crippen LogP contribution in [0.25, 0.3) is 10.9 Å². The van der Waals surface area contributed by atoms with Crippen LogP contribution in [-0.2, 0) is 25.6 Å². The van der Waals surface area contributed by atoms with E-state index in [0.29, 0.717) is 19.5 Å². The second kappa shape index (κ2) is 14.0. The summed E-state index contributed by atoms with van der Waals surface area (Å²) in [4.78, 5) is 76.5. The topological polar surface area (TPSA) is 135 Å². The molecule has 5 amide bonds. The molecule has 48 heavy (non-hydrogen) atoms. The molecule has 0 radical (unpaired) electrons. The molecule has 0 aliphatic carbocycles. The van der Waals surface area contributed by atoms with Gasteiger partial charge >= 0.3 is 0 Å². The Hall–Kier alpha value is -4.94. The van der Waals surface area contributed by atoms with Crippen LogP contribution < -0.4 is 10.1 Å². The molecule has 0 spiro atoms. The Morgan fingerprint density at radius 3 is 2.60 bits per heavy atom. The maximum Gasteiger partial charge on any atom is 0.258 e. The van der Waals surface area contributed by atoms with E-state index >= 15 is 0 Å². The third kappa shape index (κ3) is 6.99. The number of hydrogen-bond acceptors (Lipinski definition) is 6. The normalized spacial score (nSPS) is 22.6. The van der Waals surface area contributed by atoms with Gasteiger partial charge in [0.25, 0.3) is 5.91 Å². The molecule has 2 fully saturated rings. The fourth-order valence-electron chi connectivity index (χ4n) is 6.99. The minimum atomic E-state index is -0.957. The molecule has 2 aromatic carbocycles. The van der Waals surface area contributed by atoms with Crippen LogP contribution in [0.3, 0.4) is 0 Å². The minimum Gasteiger partial charge on any atom is -0.491 e. The van der Waals surface area contributed by atoms with E-state index < -0.39 is 23.8 Å². The van der Waals surface area contributed by atoms with E-state index in [1.54, 1.807) is 9.80 Å². The van der Waals surface area contributed by atoms with Crippen LogP contribution in [0.4, 0.5) is 4.39 Å². The van der Waals surface area contributed by atoms with Gasteiger partial charge in [-0.1, -0.05) is 18.2 Å². The molecule has 3 aliphatic rings. The van der Waals surface area contributed by atoms with Gasteiger partial charge in [0.2, 0.25) is 23.6 Å². The molecule has 1 aromatic heterocycles. The number of hydrogen-bond donors (Lipinski definition) is 2. The Balaban J connectivity index is 1.23. The lowest BCUT2D eigenvalue weighted by atomic mass is 10.1.